The fraction of sp³-hybridized carbons (Fsp3) is 0.350. The average Bonchev–Trinajstić information content (AvgIpc) is 2.69. The summed E-state index contributed by atoms with van der Waals surface area (Å²) in [6.45, 7) is 3.60. The lowest BCUT2D eigenvalue weighted by atomic mass is 9.95. The van der Waals surface area contributed by atoms with Gasteiger partial charge in [0.2, 0.25) is 0 Å². The van der Waals surface area contributed by atoms with Crippen molar-refractivity contribution in [3.63, 3.8) is 0 Å². The number of fused-ring (bicyclic) bond motifs is 2. The molecule has 0 saturated heterocycles. The molecule has 2 atom stereocenters. The summed E-state index contributed by atoms with van der Waals surface area (Å²) in [5.74, 6) is -0.138. The Kier molecular flexibility index (Phi) is 5.12. The third-order valence-corrected chi connectivity index (χ3v) is 4.93. The molecule has 2 aromatic carbocycles. The number of aliphatic carboxylic acids is 1. The fourth-order valence-electron chi connectivity index (χ4n) is 3.52. The Morgan fingerprint density at radius 1 is 1.20 bits per heavy atom. The summed E-state index contributed by atoms with van der Waals surface area (Å²) < 4.78 is 5.96. The molecule has 2 N–H and O–H groups in total. The van der Waals surface area contributed by atoms with E-state index in [9.17, 15) is 4.79 Å². The molecule has 2 unspecified atom stereocenters. The van der Waals surface area contributed by atoms with Crippen molar-refractivity contribution >= 4 is 15.4 Å². The first kappa shape index (κ1) is 17.9. The van der Waals surface area contributed by atoms with Crippen LogP contribution in [0, 0.1) is 0 Å². The maximum Gasteiger partial charge on any atom is 0.307 e. The highest BCUT2D eigenvalue weighted by Gasteiger charge is 2.26. The third kappa shape index (κ3) is 4.02. The Morgan fingerprint density at radius 3 is 2.60 bits per heavy atom. The topological polar surface area (TPSA) is 58.6 Å². The Hall–Kier alpha value is -1.90. The minimum atomic E-state index is -0.859. The van der Waals surface area contributed by atoms with Crippen LogP contribution in [-0.4, -0.2) is 16.7 Å². The number of ether oxygens (including phenoxy) is 1. The van der Waals surface area contributed by atoms with Gasteiger partial charge in [-0.2, -0.15) is 0 Å². The van der Waals surface area contributed by atoms with E-state index in [1.165, 1.54) is 22.3 Å². The Balaban J connectivity index is 1.92. The van der Waals surface area contributed by atoms with Crippen molar-refractivity contribution in [2.75, 3.05) is 0 Å². The van der Waals surface area contributed by atoms with Crippen LogP contribution in [0.4, 0.5) is 0 Å². The first-order valence-corrected chi connectivity index (χ1v) is 9.05. The number of carbonyl (C=O) groups is 1. The van der Waals surface area contributed by atoms with E-state index in [4.69, 9.17) is 9.84 Å². The van der Waals surface area contributed by atoms with Crippen LogP contribution in [0.25, 0.3) is 0 Å². The Morgan fingerprint density at radius 2 is 1.88 bits per heavy atom. The molecule has 25 heavy (non-hydrogen) atoms. The van der Waals surface area contributed by atoms with Crippen LogP contribution in [0.1, 0.15) is 48.6 Å². The Labute approximate surface area is 150 Å². The van der Waals surface area contributed by atoms with Gasteiger partial charge in [-0.3, -0.25) is 9.88 Å². The molecule has 0 radical (unpaired) electrons. The van der Waals surface area contributed by atoms with E-state index >= 15 is 0 Å². The predicted octanol–water partition coefficient (Wildman–Crippen LogP) is 3.89. The molecule has 0 aliphatic heterocycles. The van der Waals surface area contributed by atoms with Crippen LogP contribution in [0.15, 0.2) is 42.5 Å². The normalized spacial score (nSPS) is 16.5. The van der Waals surface area contributed by atoms with E-state index in [-0.39, 0.29) is 12.5 Å². The zero-order chi connectivity index (χ0) is 18.0. The van der Waals surface area contributed by atoms with E-state index in [2.05, 4.69) is 50.9 Å². The monoisotopic (exact) mass is 357 g/mol. The van der Waals surface area contributed by atoms with Crippen molar-refractivity contribution in [3.05, 3.63) is 64.7 Å². The number of nitrogens with one attached hydrogen (secondary N) is 1. The summed E-state index contributed by atoms with van der Waals surface area (Å²) in [5.41, 5.74) is 4.39. The van der Waals surface area contributed by atoms with Crippen LogP contribution >= 0.6 is 9.39 Å². The van der Waals surface area contributed by atoms with E-state index in [1.54, 1.807) is 13.8 Å². The van der Waals surface area contributed by atoms with Crippen molar-refractivity contribution in [2.24, 2.45) is 0 Å². The van der Waals surface area contributed by atoms with Crippen molar-refractivity contribution < 1.29 is 14.6 Å². The number of rotatable bonds is 5. The number of hydrogen-bond acceptors (Lipinski definition) is 3. The molecule has 0 bridgehead atoms. The molecule has 0 spiro atoms. The Bertz CT molecular complexity index is 788. The number of aryl methyl sites for hydroxylation is 2. The van der Waals surface area contributed by atoms with Crippen molar-refractivity contribution in [1.82, 2.24) is 5.09 Å². The lowest BCUT2D eigenvalue weighted by Crippen LogP contribution is -2.31. The van der Waals surface area contributed by atoms with Crippen LogP contribution in [0.5, 0.6) is 5.75 Å². The van der Waals surface area contributed by atoms with Gasteiger partial charge in [-0.15, -0.1) is 0 Å². The number of hydrogen-bond donors (Lipinski definition) is 2. The number of benzene rings is 2. The minimum absolute atomic E-state index is 0.0364. The molecule has 2 aromatic rings. The van der Waals surface area contributed by atoms with E-state index in [0.29, 0.717) is 0 Å². The first-order valence-electron chi connectivity index (χ1n) is 8.47. The second-order valence-corrected chi connectivity index (χ2v) is 7.42. The second-order valence-electron chi connectivity index (χ2n) is 7.09. The van der Waals surface area contributed by atoms with Crippen LogP contribution in [0.2, 0.25) is 0 Å². The lowest BCUT2D eigenvalue weighted by Gasteiger charge is -2.26. The third-order valence-electron chi connectivity index (χ3n) is 4.59. The molecule has 4 nitrogen and oxygen atoms in total. The molecule has 0 saturated carbocycles. The predicted molar refractivity (Wildman–Crippen MR) is 102 cm³/mol. The van der Waals surface area contributed by atoms with Crippen molar-refractivity contribution in [1.29, 1.82) is 0 Å². The summed E-state index contributed by atoms with van der Waals surface area (Å²) in [6.07, 6.45) is 1.88. The number of carboxylic acids is 1. The fourth-order valence-corrected chi connectivity index (χ4v) is 3.88. The molecule has 1 aliphatic carbocycles. The molecule has 1 aliphatic rings. The highest BCUT2D eigenvalue weighted by Crippen LogP contribution is 2.35. The maximum absolute atomic E-state index is 11.0. The standard InChI is InChI=1S/C20H24NO3P/c1-20(2,12-18(22)23)24-15-9-10-17-14(11-15)8-7-13-5-3-4-6-16(13)19(17)21-25/h3-6,9-11,19,21H,7-8,12,25H2,1-2H3,(H,22,23). The quantitative estimate of drug-likeness (QED) is 0.797. The highest BCUT2D eigenvalue weighted by atomic mass is 31.0. The number of carboxylic acid groups (broad SMARTS) is 1. The molecule has 0 amide bonds. The smallest absolute Gasteiger partial charge is 0.307 e. The summed E-state index contributed by atoms with van der Waals surface area (Å²) in [5, 5.41) is 12.4. The van der Waals surface area contributed by atoms with Crippen molar-refractivity contribution in [2.45, 2.75) is 44.8 Å². The van der Waals surface area contributed by atoms with Gasteiger partial charge < -0.3 is 9.84 Å². The van der Waals surface area contributed by atoms with Gasteiger partial charge in [0.25, 0.3) is 0 Å². The molecule has 0 aromatic heterocycles. The van der Waals surface area contributed by atoms with Gasteiger partial charge in [0, 0.05) is 0 Å². The summed E-state index contributed by atoms with van der Waals surface area (Å²) in [4.78, 5) is 11.0. The molecule has 0 fully saturated rings. The van der Waals surface area contributed by atoms with Crippen LogP contribution < -0.4 is 9.82 Å². The van der Waals surface area contributed by atoms with Crippen molar-refractivity contribution in [3.8, 4) is 5.75 Å². The van der Waals surface area contributed by atoms with E-state index < -0.39 is 11.6 Å². The van der Waals surface area contributed by atoms with E-state index in [0.717, 1.165) is 18.6 Å². The van der Waals surface area contributed by atoms with Crippen LogP contribution in [0.3, 0.4) is 0 Å². The molecule has 5 heteroatoms. The van der Waals surface area contributed by atoms with Gasteiger partial charge in [0.1, 0.15) is 11.4 Å². The molecule has 132 valence electrons. The summed E-state index contributed by atoms with van der Waals surface area (Å²) in [6, 6.07) is 14.7. The zero-order valence-corrected chi connectivity index (χ0v) is 15.7. The molecule has 0 heterocycles. The summed E-state index contributed by atoms with van der Waals surface area (Å²) in [7, 11) is 2.63. The SMILES string of the molecule is CC(C)(CC(=O)O)Oc1ccc2c(c1)CCc1ccccc1C2NP. The second kappa shape index (κ2) is 7.15. The highest BCUT2D eigenvalue weighted by molar-refractivity contribution is 7.13. The van der Waals surface area contributed by atoms with E-state index in [1.807, 2.05) is 6.07 Å². The van der Waals surface area contributed by atoms with Gasteiger partial charge in [-0.25, -0.2) is 0 Å². The first-order chi connectivity index (χ1) is 11.9. The maximum atomic E-state index is 11.0. The minimum Gasteiger partial charge on any atom is -0.487 e. The van der Waals surface area contributed by atoms with Gasteiger partial charge in [0.15, 0.2) is 0 Å². The largest absolute Gasteiger partial charge is 0.487 e. The van der Waals surface area contributed by atoms with Crippen LogP contribution in [-0.2, 0) is 17.6 Å². The molecular weight excluding hydrogens is 333 g/mol. The van der Waals surface area contributed by atoms with Gasteiger partial charge in [-0.05, 0) is 61.1 Å². The molecule has 3 rings (SSSR count). The van der Waals surface area contributed by atoms with Gasteiger partial charge in [0.05, 0.1) is 12.5 Å². The van der Waals surface area contributed by atoms with Gasteiger partial charge >= 0.3 is 5.97 Å². The molecular formula is C20H24NO3P. The lowest BCUT2D eigenvalue weighted by molar-refractivity contribution is -0.140. The zero-order valence-electron chi connectivity index (χ0n) is 14.6. The summed E-state index contributed by atoms with van der Waals surface area (Å²) >= 11 is 0. The van der Waals surface area contributed by atoms with Gasteiger partial charge in [-0.1, -0.05) is 39.7 Å². The average molecular weight is 357 g/mol.